The van der Waals surface area contributed by atoms with Crippen LogP contribution in [-0.4, -0.2) is 42.1 Å². The van der Waals surface area contributed by atoms with Crippen LogP contribution in [0.25, 0.3) is 5.69 Å². The van der Waals surface area contributed by atoms with Crippen molar-refractivity contribution in [3.63, 3.8) is 0 Å². The molecule has 0 unspecified atom stereocenters. The first-order valence-electron chi connectivity index (χ1n) is 9.63. The van der Waals surface area contributed by atoms with E-state index < -0.39 is 15.6 Å². The molecule has 0 aliphatic heterocycles. The van der Waals surface area contributed by atoms with E-state index in [0.717, 1.165) is 4.68 Å². The van der Waals surface area contributed by atoms with Crippen molar-refractivity contribution >= 4 is 44.8 Å². The lowest BCUT2D eigenvalue weighted by Crippen LogP contribution is -2.30. The van der Waals surface area contributed by atoms with Gasteiger partial charge in [-0.1, -0.05) is 29.3 Å². The molecule has 0 saturated carbocycles. The zero-order valence-corrected chi connectivity index (χ0v) is 19.6. The average molecular weight is 495 g/mol. The molecule has 168 valence electrons. The van der Waals surface area contributed by atoms with Gasteiger partial charge in [-0.3, -0.25) is 14.3 Å². The van der Waals surface area contributed by atoms with Gasteiger partial charge in [0, 0.05) is 24.3 Å². The summed E-state index contributed by atoms with van der Waals surface area (Å²) < 4.78 is 29.1. The minimum absolute atomic E-state index is 0.0259. The van der Waals surface area contributed by atoms with Gasteiger partial charge >= 0.3 is 0 Å². The van der Waals surface area contributed by atoms with E-state index >= 15 is 0 Å². The fraction of sp³-hybridized carbons (Fsp3) is 0.190. The average Bonchev–Trinajstić information content (AvgIpc) is 2.78. The third-order valence-electron chi connectivity index (χ3n) is 4.68. The Morgan fingerprint density at radius 2 is 1.75 bits per heavy atom. The lowest BCUT2D eigenvalue weighted by molar-refractivity contribution is 0.0773. The number of halogens is 2. The van der Waals surface area contributed by atoms with Gasteiger partial charge in [-0.25, -0.2) is 8.42 Å². The van der Waals surface area contributed by atoms with E-state index in [4.69, 9.17) is 23.2 Å². The van der Waals surface area contributed by atoms with Crippen molar-refractivity contribution in [2.75, 3.05) is 17.8 Å². The normalized spacial score (nSPS) is 11.2. The number of hydrogen-bond acceptors (Lipinski definition) is 5. The summed E-state index contributed by atoms with van der Waals surface area (Å²) >= 11 is 11.6. The van der Waals surface area contributed by atoms with Crippen molar-refractivity contribution in [1.82, 2.24) is 14.7 Å². The Morgan fingerprint density at radius 1 is 1.09 bits per heavy atom. The van der Waals surface area contributed by atoms with Crippen molar-refractivity contribution in [1.29, 1.82) is 0 Å². The highest BCUT2D eigenvalue weighted by atomic mass is 35.5. The molecule has 1 aromatic heterocycles. The summed E-state index contributed by atoms with van der Waals surface area (Å²) in [5.74, 6) is -0.181. The third-order valence-corrected chi connectivity index (χ3v) is 6.83. The van der Waals surface area contributed by atoms with Gasteiger partial charge in [0.2, 0.25) is 0 Å². The lowest BCUT2D eigenvalue weighted by Gasteiger charge is -2.19. The minimum atomic E-state index is -3.94. The molecule has 11 heteroatoms. The van der Waals surface area contributed by atoms with Gasteiger partial charge in [0.25, 0.3) is 21.5 Å². The van der Waals surface area contributed by atoms with Gasteiger partial charge in [-0.05, 0) is 56.3 Å². The number of anilines is 1. The summed E-state index contributed by atoms with van der Waals surface area (Å²) in [7, 11) is -3.94. The van der Waals surface area contributed by atoms with Gasteiger partial charge in [0.1, 0.15) is 5.02 Å². The molecule has 0 bridgehead atoms. The van der Waals surface area contributed by atoms with Gasteiger partial charge in [-0.15, -0.1) is 0 Å². The highest BCUT2D eigenvalue weighted by Crippen LogP contribution is 2.20. The smallest absolute Gasteiger partial charge is 0.291 e. The molecule has 1 amide bonds. The molecule has 8 nitrogen and oxygen atoms in total. The molecule has 0 fully saturated rings. The first kappa shape index (κ1) is 23.8. The first-order chi connectivity index (χ1) is 15.2. The molecule has 0 radical (unpaired) electrons. The SMILES string of the molecule is CCN(CC)C(=O)c1cccc(NS(=O)(=O)c2ccc(-n3ncc(Cl)c(Cl)c3=O)cc2)c1. The molecule has 1 N–H and O–H groups in total. The van der Waals surface area contributed by atoms with E-state index in [2.05, 4.69) is 9.82 Å². The Balaban J connectivity index is 1.85. The van der Waals surface area contributed by atoms with Crippen LogP contribution in [0.15, 0.2) is 64.4 Å². The summed E-state index contributed by atoms with van der Waals surface area (Å²) in [6.07, 6.45) is 1.23. The fourth-order valence-corrected chi connectivity index (χ4v) is 4.29. The summed E-state index contributed by atoms with van der Waals surface area (Å²) in [4.78, 5) is 26.4. The highest BCUT2D eigenvalue weighted by molar-refractivity contribution is 7.92. The van der Waals surface area contributed by atoms with Crippen LogP contribution in [0.2, 0.25) is 10.0 Å². The molecule has 3 aromatic rings. The van der Waals surface area contributed by atoms with Crippen LogP contribution in [-0.2, 0) is 10.0 Å². The molecule has 2 aromatic carbocycles. The van der Waals surface area contributed by atoms with Crippen molar-refractivity contribution in [2.24, 2.45) is 0 Å². The minimum Gasteiger partial charge on any atom is -0.339 e. The lowest BCUT2D eigenvalue weighted by atomic mass is 10.2. The number of benzene rings is 2. The molecular weight excluding hydrogens is 475 g/mol. The zero-order valence-electron chi connectivity index (χ0n) is 17.2. The number of nitrogens with zero attached hydrogens (tertiary/aromatic N) is 3. The Kier molecular flexibility index (Phi) is 7.22. The van der Waals surface area contributed by atoms with Crippen molar-refractivity contribution in [2.45, 2.75) is 18.7 Å². The van der Waals surface area contributed by atoms with E-state index in [1.807, 2.05) is 13.8 Å². The number of hydrogen-bond donors (Lipinski definition) is 1. The fourth-order valence-electron chi connectivity index (χ4n) is 2.99. The van der Waals surface area contributed by atoms with Gasteiger partial charge in [-0.2, -0.15) is 9.78 Å². The van der Waals surface area contributed by atoms with Gasteiger partial charge < -0.3 is 4.90 Å². The van der Waals surface area contributed by atoms with Gasteiger partial charge in [0.05, 0.1) is 21.8 Å². The number of carbonyl (C=O) groups is 1. The summed E-state index contributed by atoms with van der Waals surface area (Å²) in [6.45, 7) is 4.85. The molecule has 0 saturated heterocycles. The van der Waals surface area contributed by atoms with Crippen LogP contribution in [0.1, 0.15) is 24.2 Å². The van der Waals surface area contributed by atoms with E-state index in [9.17, 15) is 18.0 Å². The Bertz CT molecular complexity index is 1300. The number of aromatic nitrogens is 2. The van der Waals surface area contributed by atoms with Crippen molar-refractivity contribution in [3.05, 3.63) is 80.7 Å². The predicted octanol–water partition coefficient (Wildman–Crippen LogP) is 3.82. The Hall–Kier alpha value is -2.88. The zero-order chi connectivity index (χ0) is 23.5. The largest absolute Gasteiger partial charge is 0.339 e. The Labute approximate surface area is 195 Å². The summed E-state index contributed by atoms with van der Waals surface area (Å²) in [5.41, 5.74) is 0.339. The highest BCUT2D eigenvalue weighted by Gasteiger charge is 2.18. The summed E-state index contributed by atoms with van der Waals surface area (Å²) in [5, 5.41) is 3.75. The van der Waals surface area contributed by atoms with Crippen LogP contribution >= 0.6 is 23.2 Å². The quantitative estimate of drug-likeness (QED) is 0.537. The number of sulfonamides is 1. The topological polar surface area (TPSA) is 101 Å². The Morgan fingerprint density at radius 3 is 2.38 bits per heavy atom. The van der Waals surface area contributed by atoms with Crippen LogP contribution in [0.3, 0.4) is 0 Å². The first-order valence-corrected chi connectivity index (χ1v) is 11.9. The monoisotopic (exact) mass is 494 g/mol. The second-order valence-electron chi connectivity index (χ2n) is 6.68. The maximum atomic E-state index is 12.8. The molecule has 1 heterocycles. The maximum absolute atomic E-state index is 12.8. The summed E-state index contributed by atoms with van der Waals surface area (Å²) in [6, 6.07) is 11.8. The molecule has 32 heavy (non-hydrogen) atoms. The van der Waals surface area contributed by atoms with Crippen LogP contribution in [0.4, 0.5) is 5.69 Å². The molecule has 0 aliphatic rings. The maximum Gasteiger partial charge on any atom is 0.291 e. The van der Waals surface area contributed by atoms with E-state index in [0.29, 0.717) is 24.3 Å². The number of carbonyl (C=O) groups excluding carboxylic acids is 1. The molecule has 0 aliphatic carbocycles. The van der Waals surface area contributed by atoms with E-state index in [1.54, 1.807) is 23.1 Å². The van der Waals surface area contributed by atoms with Crippen LogP contribution < -0.4 is 10.3 Å². The number of rotatable bonds is 7. The van der Waals surface area contributed by atoms with Crippen molar-refractivity contribution < 1.29 is 13.2 Å². The predicted molar refractivity (Wildman–Crippen MR) is 124 cm³/mol. The number of nitrogens with one attached hydrogen (secondary N) is 1. The molecular formula is C21H20Cl2N4O4S. The molecule has 3 rings (SSSR count). The van der Waals surface area contributed by atoms with Crippen LogP contribution in [0.5, 0.6) is 0 Å². The van der Waals surface area contributed by atoms with Crippen LogP contribution in [0, 0.1) is 0 Å². The van der Waals surface area contributed by atoms with E-state index in [1.165, 1.54) is 36.5 Å². The molecule has 0 atom stereocenters. The van der Waals surface area contributed by atoms with Crippen molar-refractivity contribution in [3.8, 4) is 5.69 Å². The standard InChI is InChI=1S/C21H20Cl2N4O4S/c1-3-26(4-2)20(28)14-6-5-7-15(12-14)25-32(30,31)17-10-8-16(9-11-17)27-21(29)19(23)18(22)13-24-27/h5-13,25H,3-4H2,1-2H3. The second kappa shape index (κ2) is 9.72. The van der Waals surface area contributed by atoms with Gasteiger partial charge in [0.15, 0.2) is 0 Å². The second-order valence-corrected chi connectivity index (χ2v) is 9.15. The number of amides is 1. The molecule has 0 spiro atoms. The van der Waals surface area contributed by atoms with E-state index in [-0.39, 0.29) is 26.5 Å². The third kappa shape index (κ3) is 4.95.